The molecule has 7 heteroatoms. The zero-order chi connectivity index (χ0) is 16.1. The highest BCUT2D eigenvalue weighted by Crippen LogP contribution is 2.32. The summed E-state index contributed by atoms with van der Waals surface area (Å²) in [5.41, 5.74) is 9.09. The average Bonchev–Trinajstić information content (AvgIpc) is 3.01. The van der Waals surface area contributed by atoms with Crippen LogP contribution in [0.15, 0.2) is 36.0 Å². The second kappa shape index (κ2) is 7.52. The van der Waals surface area contributed by atoms with Gasteiger partial charge in [0, 0.05) is 30.3 Å². The highest BCUT2D eigenvalue weighted by molar-refractivity contribution is 7.99. The number of rotatable bonds is 7. The van der Waals surface area contributed by atoms with Crippen LogP contribution >= 0.6 is 11.8 Å². The molecule has 1 atom stereocenters. The molecule has 0 spiro atoms. The van der Waals surface area contributed by atoms with E-state index in [9.17, 15) is 5.11 Å². The molecule has 0 unspecified atom stereocenters. The van der Waals surface area contributed by atoms with E-state index in [0.29, 0.717) is 5.82 Å². The number of nitrogens with zero attached hydrogens (tertiary/aromatic N) is 4. The first-order valence-electron chi connectivity index (χ1n) is 7.56. The second-order valence-electron chi connectivity index (χ2n) is 5.46. The van der Waals surface area contributed by atoms with Crippen LogP contribution in [0.5, 0.6) is 0 Å². The van der Waals surface area contributed by atoms with Gasteiger partial charge in [-0.2, -0.15) is 0 Å². The van der Waals surface area contributed by atoms with Crippen molar-refractivity contribution >= 4 is 23.2 Å². The molecule has 1 aliphatic carbocycles. The van der Waals surface area contributed by atoms with Gasteiger partial charge in [0.2, 0.25) is 0 Å². The Morgan fingerprint density at radius 3 is 2.96 bits per heavy atom. The number of aliphatic hydroxyl groups excluding tert-OH is 1. The standard InChI is InChI=1S/C16H19N5OS/c17-16-13-4-3-12(15(13)20-10-21-16)2-1-11(8-22)9-23-14-7-18-5-6-19-14/h3,5-7,10-11,22H,1-2,4,8-9H2,(H2,17,20,21)/t11-/m1/s1. The van der Waals surface area contributed by atoms with Crippen molar-refractivity contribution in [3.8, 4) is 0 Å². The number of anilines is 1. The fraction of sp³-hybridized carbons (Fsp3) is 0.375. The third kappa shape index (κ3) is 3.86. The minimum Gasteiger partial charge on any atom is -0.396 e. The molecule has 0 amide bonds. The smallest absolute Gasteiger partial charge is 0.130 e. The van der Waals surface area contributed by atoms with E-state index in [2.05, 4.69) is 26.0 Å². The van der Waals surface area contributed by atoms with Crippen LogP contribution in [-0.4, -0.2) is 37.4 Å². The summed E-state index contributed by atoms with van der Waals surface area (Å²) in [6.07, 6.45) is 11.4. The molecule has 2 aromatic heterocycles. The van der Waals surface area contributed by atoms with Gasteiger partial charge in [-0.25, -0.2) is 15.0 Å². The fourth-order valence-corrected chi connectivity index (χ4v) is 3.55. The monoisotopic (exact) mass is 329 g/mol. The molecule has 3 N–H and O–H groups in total. The lowest BCUT2D eigenvalue weighted by atomic mass is 10.0. The third-order valence-corrected chi connectivity index (χ3v) is 5.07. The van der Waals surface area contributed by atoms with Crippen LogP contribution in [0.1, 0.15) is 24.1 Å². The Balaban J connectivity index is 1.54. The van der Waals surface area contributed by atoms with E-state index >= 15 is 0 Å². The minimum absolute atomic E-state index is 0.166. The molecule has 0 radical (unpaired) electrons. The SMILES string of the molecule is Nc1ncnc2c1CC=C2CC[C@H](CO)CSc1cnccn1. The summed E-state index contributed by atoms with van der Waals surface area (Å²) in [7, 11) is 0. The lowest BCUT2D eigenvalue weighted by molar-refractivity contribution is 0.234. The first kappa shape index (κ1) is 15.9. The maximum atomic E-state index is 9.60. The normalized spacial score (nSPS) is 14.4. The van der Waals surface area contributed by atoms with Gasteiger partial charge in [-0.15, -0.1) is 11.8 Å². The number of thioether (sulfide) groups is 1. The van der Waals surface area contributed by atoms with Crippen LogP contribution in [0.3, 0.4) is 0 Å². The van der Waals surface area contributed by atoms with Crippen LogP contribution in [-0.2, 0) is 6.42 Å². The van der Waals surface area contributed by atoms with Crippen molar-refractivity contribution in [2.45, 2.75) is 24.3 Å². The Hall–Kier alpha value is -1.99. The minimum atomic E-state index is 0.166. The Morgan fingerprint density at radius 2 is 2.17 bits per heavy atom. The molecular weight excluding hydrogens is 310 g/mol. The van der Waals surface area contributed by atoms with Gasteiger partial charge in [0.25, 0.3) is 0 Å². The van der Waals surface area contributed by atoms with Gasteiger partial charge in [-0.05, 0) is 30.8 Å². The van der Waals surface area contributed by atoms with Crippen molar-refractivity contribution in [3.63, 3.8) is 0 Å². The van der Waals surface area contributed by atoms with Crippen LogP contribution in [0.2, 0.25) is 0 Å². The zero-order valence-corrected chi connectivity index (χ0v) is 13.5. The van der Waals surface area contributed by atoms with Crippen molar-refractivity contribution in [1.29, 1.82) is 0 Å². The van der Waals surface area contributed by atoms with Gasteiger partial charge < -0.3 is 10.8 Å². The fourth-order valence-electron chi connectivity index (χ4n) is 2.60. The van der Waals surface area contributed by atoms with Crippen LogP contribution in [0.25, 0.3) is 5.57 Å². The number of nitrogens with two attached hydrogens (primary N) is 1. The summed E-state index contributed by atoms with van der Waals surface area (Å²) in [6.45, 7) is 0.166. The zero-order valence-electron chi connectivity index (χ0n) is 12.7. The third-order valence-electron chi connectivity index (χ3n) is 3.92. The quantitative estimate of drug-likeness (QED) is 0.749. The predicted octanol–water partition coefficient (Wildman–Crippen LogP) is 1.97. The molecule has 2 heterocycles. The molecule has 0 fully saturated rings. The molecule has 0 bridgehead atoms. The van der Waals surface area contributed by atoms with Gasteiger partial charge in [-0.3, -0.25) is 4.98 Å². The van der Waals surface area contributed by atoms with Gasteiger partial charge in [0.1, 0.15) is 17.2 Å². The Kier molecular flexibility index (Phi) is 5.19. The molecule has 0 aliphatic heterocycles. The average molecular weight is 329 g/mol. The molecule has 3 rings (SSSR count). The van der Waals surface area contributed by atoms with E-state index in [4.69, 9.17) is 5.73 Å². The van der Waals surface area contributed by atoms with E-state index in [1.54, 1.807) is 30.4 Å². The largest absolute Gasteiger partial charge is 0.396 e. The van der Waals surface area contributed by atoms with Crippen molar-refractivity contribution in [2.24, 2.45) is 5.92 Å². The summed E-state index contributed by atoms with van der Waals surface area (Å²) in [4.78, 5) is 16.7. The van der Waals surface area contributed by atoms with E-state index in [-0.39, 0.29) is 12.5 Å². The number of fused-ring (bicyclic) bond motifs is 1. The van der Waals surface area contributed by atoms with Crippen LogP contribution in [0.4, 0.5) is 5.82 Å². The number of nitrogen functional groups attached to an aromatic ring is 1. The van der Waals surface area contributed by atoms with E-state index in [0.717, 1.165) is 41.3 Å². The van der Waals surface area contributed by atoms with Crippen molar-refractivity contribution in [2.75, 3.05) is 18.1 Å². The topological polar surface area (TPSA) is 97.8 Å². The number of hydrogen-bond donors (Lipinski definition) is 2. The number of allylic oxidation sites excluding steroid dienone is 2. The first-order valence-corrected chi connectivity index (χ1v) is 8.55. The van der Waals surface area contributed by atoms with Crippen molar-refractivity contribution < 1.29 is 5.11 Å². The Labute approximate surface area is 139 Å². The molecular formula is C16H19N5OS. The number of aromatic nitrogens is 4. The highest BCUT2D eigenvalue weighted by Gasteiger charge is 2.19. The lowest BCUT2D eigenvalue weighted by Crippen LogP contribution is -2.10. The Bertz CT molecular complexity index is 692. The van der Waals surface area contributed by atoms with Crippen molar-refractivity contribution in [3.05, 3.63) is 42.3 Å². The van der Waals surface area contributed by atoms with E-state index in [1.807, 2.05) is 0 Å². The summed E-state index contributed by atoms with van der Waals surface area (Å²) in [6, 6.07) is 0. The van der Waals surface area contributed by atoms with Gasteiger partial charge >= 0.3 is 0 Å². The van der Waals surface area contributed by atoms with Gasteiger partial charge in [0.05, 0.1) is 11.9 Å². The molecule has 0 saturated heterocycles. The Morgan fingerprint density at radius 1 is 1.26 bits per heavy atom. The molecule has 120 valence electrons. The van der Waals surface area contributed by atoms with Gasteiger partial charge in [-0.1, -0.05) is 6.08 Å². The maximum Gasteiger partial charge on any atom is 0.130 e. The molecule has 0 saturated carbocycles. The van der Waals surface area contributed by atoms with E-state index in [1.165, 1.54) is 11.9 Å². The number of aliphatic hydroxyl groups is 1. The predicted molar refractivity (Wildman–Crippen MR) is 90.7 cm³/mol. The summed E-state index contributed by atoms with van der Waals surface area (Å²) >= 11 is 1.62. The van der Waals surface area contributed by atoms with Gasteiger partial charge in [0.15, 0.2) is 0 Å². The molecule has 6 nitrogen and oxygen atoms in total. The molecule has 0 aromatic carbocycles. The summed E-state index contributed by atoms with van der Waals surface area (Å²) < 4.78 is 0. The van der Waals surface area contributed by atoms with Crippen molar-refractivity contribution in [1.82, 2.24) is 19.9 Å². The maximum absolute atomic E-state index is 9.60. The van der Waals surface area contributed by atoms with Crippen LogP contribution in [0, 0.1) is 5.92 Å². The summed E-state index contributed by atoms with van der Waals surface area (Å²) in [5.74, 6) is 1.60. The highest BCUT2D eigenvalue weighted by atomic mass is 32.2. The van der Waals surface area contributed by atoms with E-state index < -0.39 is 0 Å². The lowest BCUT2D eigenvalue weighted by Gasteiger charge is -2.14. The molecule has 1 aliphatic rings. The molecule has 2 aromatic rings. The second-order valence-corrected chi connectivity index (χ2v) is 6.50. The summed E-state index contributed by atoms with van der Waals surface area (Å²) in [5, 5.41) is 10.5. The number of hydrogen-bond acceptors (Lipinski definition) is 7. The first-order chi connectivity index (χ1) is 11.3. The molecule has 23 heavy (non-hydrogen) atoms. The van der Waals surface area contributed by atoms with Crippen LogP contribution < -0.4 is 5.73 Å².